The van der Waals surface area contributed by atoms with Crippen LogP contribution in [0.4, 0.5) is 8.78 Å². The van der Waals surface area contributed by atoms with Crippen LogP contribution >= 0.6 is 11.6 Å². The summed E-state index contributed by atoms with van der Waals surface area (Å²) in [5, 5.41) is 0. The molecule has 0 amide bonds. The molecule has 0 bridgehead atoms. The van der Waals surface area contributed by atoms with Crippen LogP contribution in [-0.2, 0) is 5.88 Å². The average Bonchev–Trinajstić information content (AvgIpc) is 2.16. The maximum atomic E-state index is 12.2. The number of hydrogen-bond acceptors (Lipinski definition) is 2. The van der Waals surface area contributed by atoms with E-state index in [-0.39, 0.29) is 11.6 Å². The highest BCUT2D eigenvalue weighted by Crippen LogP contribution is 2.25. The summed E-state index contributed by atoms with van der Waals surface area (Å²) >= 11 is 5.54. The Balaban J connectivity index is 3.05. The van der Waals surface area contributed by atoms with Crippen molar-refractivity contribution in [2.24, 2.45) is 0 Å². The van der Waals surface area contributed by atoms with Gasteiger partial charge in [-0.15, -0.1) is 11.6 Å². The predicted molar refractivity (Wildman–Crippen MR) is 45.3 cm³/mol. The maximum absolute atomic E-state index is 12.2. The first kappa shape index (κ1) is 10.2. The molecule has 0 aliphatic heterocycles. The molecular formula is C8H8ClF2NO. The highest BCUT2D eigenvalue weighted by atomic mass is 35.5. The summed E-state index contributed by atoms with van der Waals surface area (Å²) in [7, 11) is 1.40. The Hall–Kier alpha value is -0.900. The smallest absolute Gasteiger partial charge is 0.280 e. The maximum Gasteiger partial charge on any atom is 0.280 e. The molecule has 0 aliphatic carbocycles. The lowest BCUT2D eigenvalue weighted by Gasteiger charge is -2.06. The SMILES string of the molecule is COc1cc(C(F)F)ncc1CCl. The largest absolute Gasteiger partial charge is 0.496 e. The van der Waals surface area contributed by atoms with Crippen molar-refractivity contribution in [1.82, 2.24) is 4.98 Å². The van der Waals surface area contributed by atoms with E-state index in [2.05, 4.69) is 4.98 Å². The van der Waals surface area contributed by atoms with Crippen LogP contribution in [0.5, 0.6) is 5.75 Å². The van der Waals surface area contributed by atoms with Crippen LogP contribution in [0.25, 0.3) is 0 Å². The number of halogens is 3. The second-order valence-corrected chi connectivity index (χ2v) is 2.62. The monoisotopic (exact) mass is 207 g/mol. The Labute approximate surface area is 79.5 Å². The Morgan fingerprint density at radius 3 is 2.77 bits per heavy atom. The van der Waals surface area contributed by atoms with Gasteiger partial charge in [-0.1, -0.05) is 0 Å². The van der Waals surface area contributed by atoms with Gasteiger partial charge < -0.3 is 4.74 Å². The lowest BCUT2D eigenvalue weighted by atomic mass is 10.2. The van der Waals surface area contributed by atoms with Crippen molar-refractivity contribution in [3.8, 4) is 5.75 Å². The minimum Gasteiger partial charge on any atom is -0.496 e. The zero-order valence-corrected chi connectivity index (χ0v) is 7.68. The Morgan fingerprint density at radius 1 is 1.62 bits per heavy atom. The van der Waals surface area contributed by atoms with Crippen LogP contribution in [0.2, 0.25) is 0 Å². The minimum absolute atomic E-state index is 0.194. The summed E-state index contributed by atoms with van der Waals surface area (Å²) < 4.78 is 29.2. The van der Waals surface area contributed by atoms with Gasteiger partial charge in [0.1, 0.15) is 11.4 Å². The number of methoxy groups -OCH3 is 1. The summed E-state index contributed by atoms with van der Waals surface area (Å²) in [5.74, 6) is 0.542. The molecule has 1 aromatic heterocycles. The van der Waals surface area contributed by atoms with E-state index in [9.17, 15) is 8.78 Å². The third-order valence-electron chi connectivity index (χ3n) is 1.55. The molecule has 1 aromatic rings. The molecule has 0 atom stereocenters. The molecule has 0 fully saturated rings. The molecule has 0 saturated carbocycles. The van der Waals surface area contributed by atoms with Crippen molar-refractivity contribution in [3.63, 3.8) is 0 Å². The molecule has 72 valence electrons. The van der Waals surface area contributed by atoms with Gasteiger partial charge in [-0.2, -0.15) is 0 Å². The van der Waals surface area contributed by atoms with Crippen LogP contribution in [0.1, 0.15) is 17.7 Å². The molecule has 0 radical (unpaired) electrons. The minimum atomic E-state index is -2.58. The third kappa shape index (κ3) is 2.28. The van der Waals surface area contributed by atoms with Crippen molar-refractivity contribution in [1.29, 1.82) is 0 Å². The van der Waals surface area contributed by atoms with E-state index < -0.39 is 6.43 Å². The fourth-order valence-electron chi connectivity index (χ4n) is 0.890. The first-order chi connectivity index (χ1) is 6.19. The van der Waals surface area contributed by atoms with Gasteiger partial charge in [0, 0.05) is 17.8 Å². The lowest BCUT2D eigenvalue weighted by Crippen LogP contribution is -1.96. The van der Waals surface area contributed by atoms with Gasteiger partial charge in [-0.05, 0) is 0 Å². The molecule has 1 rings (SSSR count). The fraction of sp³-hybridized carbons (Fsp3) is 0.375. The van der Waals surface area contributed by atoms with Crippen LogP contribution < -0.4 is 4.74 Å². The molecule has 5 heteroatoms. The first-order valence-electron chi connectivity index (χ1n) is 3.56. The van der Waals surface area contributed by atoms with E-state index in [1.807, 2.05) is 0 Å². The van der Waals surface area contributed by atoms with Crippen molar-refractivity contribution in [3.05, 3.63) is 23.5 Å². The number of pyridine rings is 1. The molecule has 0 aromatic carbocycles. The van der Waals surface area contributed by atoms with Crippen LogP contribution in [0.15, 0.2) is 12.3 Å². The second kappa shape index (κ2) is 4.37. The first-order valence-corrected chi connectivity index (χ1v) is 4.09. The van der Waals surface area contributed by atoms with Crippen LogP contribution in [0, 0.1) is 0 Å². The zero-order valence-electron chi connectivity index (χ0n) is 6.93. The van der Waals surface area contributed by atoms with Gasteiger partial charge >= 0.3 is 0 Å². The number of alkyl halides is 3. The van der Waals surface area contributed by atoms with Gasteiger partial charge in [0.2, 0.25) is 0 Å². The predicted octanol–water partition coefficient (Wildman–Crippen LogP) is 2.77. The third-order valence-corrected chi connectivity index (χ3v) is 1.84. The van der Waals surface area contributed by atoms with Gasteiger partial charge in [0.25, 0.3) is 6.43 Å². The Bertz CT molecular complexity index is 293. The molecular weight excluding hydrogens is 200 g/mol. The normalized spacial score (nSPS) is 10.5. The van der Waals surface area contributed by atoms with E-state index in [4.69, 9.17) is 16.3 Å². The van der Waals surface area contributed by atoms with E-state index in [1.165, 1.54) is 19.4 Å². The molecule has 2 nitrogen and oxygen atoms in total. The van der Waals surface area contributed by atoms with Crippen molar-refractivity contribution in [2.75, 3.05) is 7.11 Å². The molecule has 1 heterocycles. The summed E-state index contributed by atoms with van der Waals surface area (Å²) in [6, 6.07) is 1.20. The highest BCUT2D eigenvalue weighted by Gasteiger charge is 2.11. The van der Waals surface area contributed by atoms with E-state index in [1.54, 1.807) is 0 Å². The van der Waals surface area contributed by atoms with Crippen molar-refractivity contribution < 1.29 is 13.5 Å². The molecule has 0 aliphatic rings. The molecule has 0 saturated heterocycles. The highest BCUT2D eigenvalue weighted by molar-refractivity contribution is 6.17. The number of hydrogen-bond donors (Lipinski definition) is 0. The van der Waals surface area contributed by atoms with E-state index in [0.717, 1.165) is 0 Å². The van der Waals surface area contributed by atoms with Crippen LogP contribution in [0.3, 0.4) is 0 Å². The van der Waals surface area contributed by atoms with Gasteiger partial charge in [0.15, 0.2) is 0 Å². The lowest BCUT2D eigenvalue weighted by molar-refractivity contribution is 0.145. The molecule has 0 unspecified atom stereocenters. The van der Waals surface area contributed by atoms with Gasteiger partial charge in [-0.25, -0.2) is 8.78 Å². The van der Waals surface area contributed by atoms with E-state index in [0.29, 0.717) is 11.3 Å². The van der Waals surface area contributed by atoms with E-state index >= 15 is 0 Å². The van der Waals surface area contributed by atoms with Gasteiger partial charge in [0.05, 0.1) is 13.0 Å². The zero-order chi connectivity index (χ0) is 9.84. The Morgan fingerprint density at radius 2 is 2.31 bits per heavy atom. The number of ether oxygens (including phenoxy) is 1. The quantitative estimate of drug-likeness (QED) is 0.711. The standard InChI is InChI=1S/C8H8ClF2NO/c1-13-7-2-6(8(10)11)12-4-5(7)3-9/h2,4,8H,3H2,1H3. The number of rotatable bonds is 3. The summed E-state index contributed by atoms with van der Waals surface area (Å²) in [6.07, 6.45) is -1.29. The van der Waals surface area contributed by atoms with Crippen molar-refractivity contribution >= 4 is 11.6 Å². The molecule has 13 heavy (non-hydrogen) atoms. The molecule has 0 N–H and O–H groups in total. The average molecular weight is 208 g/mol. The summed E-state index contributed by atoms with van der Waals surface area (Å²) in [5.41, 5.74) is 0.305. The summed E-state index contributed by atoms with van der Waals surface area (Å²) in [4.78, 5) is 3.54. The fourth-order valence-corrected chi connectivity index (χ4v) is 1.09. The topological polar surface area (TPSA) is 22.1 Å². The van der Waals surface area contributed by atoms with Gasteiger partial charge in [-0.3, -0.25) is 4.98 Å². The summed E-state index contributed by atoms with van der Waals surface area (Å²) in [6.45, 7) is 0. The Kier molecular flexibility index (Phi) is 3.42. The number of nitrogens with zero attached hydrogens (tertiary/aromatic N) is 1. The molecule has 0 spiro atoms. The van der Waals surface area contributed by atoms with Crippen LogP contribution in [-0.4, -0.2) is 12.1 Å². The second-order valence-electron chi connectivity index (χ2n) is 2.36. The number of aromatic nitrogens is 1. The van der Waals surface area contributed by atoms with Crippen molar-refractivity contribution in [2.45, 2.75) is 12.3 Å².